The summed E-state index contributed by atoms with van der Waals surface area (Å²) in [6, 6.07) is 18.4. The summed E-state index contributed by atoms with van der Waals surface area (Å²) in [7, 11) is 0. The number of rotatable bonds is 8. The van der Waals surface area contributed by atoms with Gasteiger partial charge in [-0.2, -0.15) is 0 Å². The lowest BCUT2D eigenvalue weighted by Gasteiger charge is -2.12. The molecule has 0 aromatic heterocycles. The zero-order valence-electron chi connectivity index (χ0n) is 16.7. The monoisotopic (exact) mass is 458 g/mol. The minimum absolute atomic E-state index is 0.190. The number of benzene rings is 3. The average molecular weight is 459 g/mol. The lowest BCUT2D eigenvalue weighted by atomic mass is 10.2. The van der Waals surface area contributed by atoms with Gasteiger partial charge in [-0.25, -0.2) is 0 Å². The number of hydrogen-bond donors (Lipinski definition) is 2. The summed E-state index contributed by atoms with van der Waals surface area (Å²) in [5.41, 5.74) is 1.40. The predicted molar refractivity (Wildman–Crippen MR) is 123 cm³/mol. The van der Waals surface area contributed by atoms with E-state index in [-0.39, 0.29) is 18.4 Å². The molecule has 6 nitrogen and oxygen atoms in total. The molecule has 3 rings (SSSR count). The molecule has 8 heteroatoms. The van der Waals surface area contributed by atoms with E-state index < -0.39 is 0 Å². The number of hydrogen-bond acceptors (Lipinski definition) is 4. The Hall–Kier alpha value is -3.22. The Labute approximate surface area is 190 Å². The molecule has 0 unspecified atom stereocenters. The summed E-state index contributed by atoms with van der Waals surface area (Å²) >= 11 is 12.0. The van der Waals surface area contributed by atoms with E-state index in [1.54, 1.807) is 60.7 Å². The molecule has 0 bridgehead atoms. The van der Waals surface area contributed by atoms with Gasteiger partial charge in [0.1, 0.15) is 11.5 Å². The van der Waals surface area contributed by atoms with E-state index in [4.69, 9.17) is 32.7 Å². The van der Waals surface area contributed by atoms with E-state index in [2.05, 4.69) is 10.6 Å². The molecular weight excluding hydrogens is 439 g/mol. The molecule has 0 fully saturated rings. The third-order valence-electron chi connectivity index (χ3n) is 4.12. The van der Waals surface area contributed by atoms with Gasteiger partial charge in [0, 0.05) is 10.6 Å². The van der Waals surface area contributed by atoms with Gasteiger partial charge in [-0.1, -0.05) is 35.3 Å². The Balaban J connectivity index is 1.55. The maximum Gasteiger partial charge on any atom is 0.262 e. The molecular formula is C23H20Cl2N2O4. The van der Waals surface area contributed by atoms with E-state index in [1.807, 2.05) is 13.0 Å². The van der Waals surface area contributed by atoms with Crippen LogP contribution < -0.4 is 20.1 Å². The fraction of sp³-hybridized carbons (Fsp3) is 0.130. The predicted octanol–water partition coefficient (Wildman–Crippen LogP) is 5.66. The number of halogens is 2. The van der Waals surface area contributed by atoms with Crippen LogP contribution in [0.1, 0.15) is 17.3 Å². The molecule has 160 valence electrons. The number of carbonyl (C=O) groups is 2. The van der Waals surface area contributed by atoms with Crippen LogP contribution in [0.2, 0.25) is 10.0 Å². The van der Waals surface area contributed by atoms with Gasteiger partial charge < -0.3 is 20.1 Å². The molecule has 0 radical (unpaired) electrons. The van der Waals surface area contributed by atoms with Crippen LogP contribution in [0, 0.1) is 0 Å². The average Bonchev–Trinajstić information content (AvgIpc) is 2.77. The highest BCUT2D eigenvalue weighted by atomic mass is 35.5. The van der Waals surface area contributed by atoms with E-state index in [9.17, 15) is 9.59 Å². The van der Waals surface area contributed by atoms with Crippen LogP contribution in [0.25, 0.3) is 0 Å². The molecule has 2 N–H and O–H groups in total. The highest BCUT2D eigenvalue weighted by Gasteiger charge is 2.11. The summed E-state index contributed by atoms with van der Waals surface area (Å²) in [5, 5.41) is 6.31. The van der Waals surface area contributed by atoms with Crippen LogP contribution in [0.3, 0.4) is 0 Å². The van der Waals surface area contributed by atoms with Crippen molar-refractivity contribution in [1.82, 2.24) is 0 Å². The molecule has 0 atom stereocenters. The minimum atomic E-state index is -0.346. The van der Waals surface area contributed by atoms with Crippen LogP contribution >= 0.6 is 23.2 Å². The Morgan fingerprint density at radius 2 is 1.61 bits per heavy atom. The lowest BCUT2D eigenvalue weighted by molar-refractivity contribution is -0.118. The topological polar surface area (TPSA) is 76.7 Å². The van der Waals surface area contributed by atoms with Crippen molar-refractivity contribution in [3.63, 3.8) is 0 Å². The fourth-order valence-electron chi connectivity index (χ4n) is 2.68. The van der Waals surface area contributed by atoms with Gasteiger partial charge in [0.2, 0.25) is 0 Å². The number of nitrogens with one attached hydrogen (secondary N) is 2. The maximum absolute atomic E-state index is 12.4. The Kier molecular flexibility index (Phi) is 7.76. The molecule has 0 spiro atoms. The fourth-order valence-corrected chi connectivity index (χ4v) is 3.01. The van der Waals surface area contributed by atoms with E-state index in [0.717, 1.165) is 0 Å². The summed E-state index contributed by atoms with van der Waals surface area (Å²) in [5.74, 6) is 0.365. The molecule has 2 amide bonds. The van der Waals surface area contributed by atoms with Crippen LogP contribution in [0.4, 0.5) is 11.4 Å². The van der Waals surface area contributed by atoms with Gasteiger partial charge in [-0.15, -0.1) is 0 Å². The molecule has 0 aliphatic carbocycles. The second-order valence-electron chi connectivity index (χ2n) is 6.37. The standard InChI is InChI=1S/C23H20Cl2N2O4/c1-2-30-21-6-4-3-5-19(21)26-22(28)14-31-17-10-7-15(8-11-17)23(29)27-20-13-16(24)9-12-18(20)25/h3-13H,2,14H2,1H3,(H,26,28)(H,27,29). The maximum atomic E-state index is 12.4. The molecule has 3 aromatic carbocycles. The molecule has 0 heterocycles. The normalized spacial score (nSPS) is 10.3. The highest BCUT2D eigenvalue weighted by Crippen LogP contribution is 2.26. The zero-order valence-corrected chi connectivity index (χ0v) is 18.2. The highest BCUT2D eigenvalue weighted by molar-refractivity contribution is 6.35. The van der Waals surface area contributed by atoms with Gasteiger partial charge in [0.05, 0.1) is 23.0 Å². The quantitative estimate of drug-likeness (QED) is 0.456. The van der Waals surface area contributed by atoms with Crippen LogP contribution in [0.15, 0.2) is 66.7 Å². The van der Waals surface area contributed by atoms with Gasteiger partial charge in [0.15, 0.2) is 6.61 Å². The largest absolute Gasteiger partial charge is 0.492 e. The molecule has 3 aromatic rings. The number of para-hydroxylation sites is 2. The Morgan fingerprint density at radius 1 is 0.871 bits per heavy atom. The van der Waals surface area contributed by atoms with Crippen molar-refractivity contribution in [2.24, 2.45) is 0 Å². The van der Waals surface area contributed by atoms with E-state index in [0.29, 0.717) is 45.1 Å². The second kappa shape index (κ2) is 10.7. The van der Waals surface area contributed by atoms with Crippen molar-refractivity contribution in [2.75, 3.05) is 23.8 Å². The van der Waals surface area contributed by atoms with Crippen molar-refractivity contribution in [2.45, 2.75) is 6.92 Å². The second-order valence-corrected chi connectivity index (χ2v) is 7.21. The first kappa shape index (κ1) is 22.5. The molecule has 0 aliphatic rings. The van der Waals surface area contributed by atoms with Gasteiger partial charge in [-0.3, -0.25) is 9.59 Å². The van der Waals surface area contributed by atoms with Gasteiger partial charge >= 0.3 is 0 Å². The molecule has 0 saturated heterocycles. The van der Waals surface area contributed by atoms with Crippen molar-refractivity contribution in [1.29, 1.82) is 0 Å². The van der Waals surface area contributed by atoms with Crippen molar-refractivity contribution >= 4 is 46.4 Å². The number of carbonyl (C=O) groups excluding carboxylic acids is 2. The smallest absolute Gasteiger partial charge is 0.262 e. The van der Waals surface area contributed by atoms with Crippen LogP contribution in [-0.4, -0.2) is 25.0 Å². The van der Waals surface area contributed by atoms with Crippen molar-refractivity contribution < 1.29 is 19.1 Å². The van der Waals surface area contributed by atoms with E-state index in [1.165, 1.54) is 0 Å². The first-order valence-electron chi connectivity index (χ1n) is 9.47. The minimum Gasteiger partial charge on any atom is -0.492 e. The third kappa shape index (κ3) is 6.38. The molecule has 31 heavy (non-hydrogen) atoms. The number of ether oxygens (including phenoxy) is 2. The summed E-state index contributed by atoms with van der Waals surface area (Å²) < 4.78 is 11.0. The van der Waals surface area contributed by atoms with Crippen molar-refractivity contribution in [3.05, 3.63) is 82.3 Å². The Bertz CT molecular complexity index is 1070. The zero-order chi connectivity index (χ0) is 22.2. The molecule has 0 saturated carbocycles. The van der Waals surface area contributed by atoms with Crippen molar-refractivity contribution in [3.8, 4) is 11.5 Å². The van der Waals surface area contributed by atoms with E-state index >= 15 is 0 Å². The van der Waals surface area contributed by atoms with Gasteiger partial charge in [0.25, 0.3) is 11.8 Å². The first-order chi connectivity index (χ1) is 15.0. The molecule has 0 aliphatic heterocycles. The summed E-state index contributed by atoms with van der Waals surface area (Å²) in [4.78, 5) is 24.6. The summed E-state index contributed by atoms with van der Waals surface area (Å²) in [6.07, 6.45) is 0. The number of anilines is 2. The third-order valence-corrected chi connectivity index (χ3v) is 4.69. The SMILES string of the molecule is CCOc1ccccc1NC(=O)COc1ccc(C(=O)Nc2cc(Cl)ccc2Cl)cc1. The van der Waals surface area contributed by atoms with Crippen LogP contribution in [-0.2, 0) is 4.79 Å². The summed E-state index contributed by atoms with van der Waals surface area (Å²) in [6.45, 7) is 2.17. The first-order valence-corrected chi connectivity index (χ1v) is 10.2. The lowest BCUT2D eigenvalue weighted by Crippen LogP contribution is -2.20. The number of amides is 2. The van der Waals surface area contributed by atoms with Crippen LogP contribution in [0.5, 0.6) is 11.5 Å². The van der Waals surface area contributed by atoms with Gasteiger partial charge in [-0.05, 0) is 61.5 Å². The Morgan fingerprint density at radius 3 is 2.35 bits per heavy atom.